The molecule has 0 aliphatic rings. The summed E-state index contributed by atoms with van der Waals surface area (Å²) in [5.74, 6) is 2.86. The molecule has 0 bridgehead atoms. The molecular weight excluding hydrogens is 350 g/mol. The maximum absolute atomic E-state index is 5.84. The number of fused-ring (bicyclic) bond motifs is 2. The summed E-state index contributed by atoms with van der Waals surface area (Å²) in [5.41, 5.74) is 4.29. The molecule has 5 aromatic carbocycles. The molecule has 0 amide bonds. The Morgan fingerprint density at radius 1 is 0.552 bits per heavy atom. The maximum Gasteiger partial charge on any atom is 0.0618 e. The van der Waals surface area contributed by atoms with Gasteiger partial charge in [0.25, 0.3) is 0 Å². The van der Waals surface area contributed by atoms with Gasteiger partial charge in [-0.15, -0.1) is 6.42 Å². The Morgan fingerprint density at radius 3 is 1.79 bits per heavy atom. The molecule has 0 aromatic heterocycles. The van der Waals surface area contributed by atoms with E-state index in [0.29, 0.717) is 0 Å². The van der Waals surface area contributed by atoms with E-state index in [1.807, 2.05) is 24.3 Å². The summed E-state index contributed by atoms with van der Waals surface area (Å²) in [7, 11) is 0. The third-order valence-corrected chi connectivity index (χ3v) is 5.28. The molecule has 0 unspecified atom stereocenters. The minimum Gasteiger partial charge on any atom is -0.309 e. The zero-order valence-corrected chi connectivity index (χ0v) is 15.9. The monoisotopic (exact) mass is 369 g/mol. The van der Waals surface area contributed by atoms with Crippen LogP contribution in [0.3, 0.4) is 0 Å². The maximum atomic E-state index is 5.84. The van der Waals surface area contributed by atoms with Crippen molar-refractivity contribution in [1.29, 1.82) is 0 Å². The zero-order valence-electron chi connectivity index (χ0n) is 15.9. The molecule has 0 aliphatic heterocycles. The van der Waals surface area contributed by atoms with Crippen molar-refractivity contribution < 1.29 is 0 Å². The van der Waals surface area contributed by atoms with Crippen LogP contribution >= 0.6 is 0 Å². The highest BCUT2D eigenvalue weighted by atomic mass is 15.1. The molecule has 1 nitrogen and oxygen atoms in total. The van der Waals surface area contributed by atoms with Gasteiger partial charge in [0, 0.05) is 33.1 Å². The fourth-order valence-corrected chi connectivity index (χ4v) is 3.99. The van der Waals surface area contributed by atoms with Gasteiger partial charge in [-0.05, 0) is 41.8 Å². The number of hydrogen-bond acceptors (Lipinski definition) is 1. The summed E-state index contributed by atoms with van der Waals surface area (Å²) < 4.78 is 0. The fraction of sp³-hybridized carbons (Fsp3) is 0. The first-order valence-electron chi connectivity index (χ1n) is 9.68. The SMILES string of the molecule is C#Cc1cccc2c(N(c3ccccc3)c3ccccc3)c3ccccc3cc12. The van der Waals surface area contributed by atoms with Crippen molar-refractivity contribution in [2.75, 3.05) is 4.90 Å². The second-order valence-corrected chi connectivity index (χ2v) is 7.00. The van der Waals surface area contributed by atoms with Crippen molar-refractivity contribution in [3.8, 4) is 12.3 Å². The number of para-hydroxylation sites is 2. The van der Waals surface area contributed by atoms with Crippen LogP contribution in [0.5, 0.6) is 0 Å². The molecule has 0 N–H and O–H groups in total. The molecule has 0 heterocycles. The smallest absolute Gasteiger partial charge is 0.0618 e. The van der Waals surface area contributed by atoms with Gasteiger partial charge >= 0.3 is 0 Å². The number of benzene rings is 5. The molecule has 5 aromatic rings. The molecule has 0 saturated heterocycles. The van der Waals surface area contributed by atoms with Crippen molar-refractivity contribution in [3.05, 3.63) is 115 Å². The third kappa shape index (κ3) is 2.92. The Balaban J connectivity index is 1.96. The molecule has 0 spiro atoms. The second-order valence-electron chi connectivity index (χ2n) is 7.00. The van der Waals surface area contributed by atoms with Gasteiger partial charge < -0.3 is 4.90 Å². The van der Waals surface area contributed by atoms with E-state index < -0.39 is 0 Å². The van der Waals surface area contributed by atoms with Crippen molar-refractivity contribution in [2.24, 2.45) is 0 Å². The minimum atomic E-state index is 0.913. The van der Waals surface area contributed by atoms with Crippen molar-refractivity contribution in [3.63, 3.8) is 0 Å². The number of hydrogen-bond donors (Lipinski definition) is 0. The lowest BCUT2D eigenvalue weighted by molar-refractivity contribution is 1.31. The lowest BCUT2D eigenvalue weighted by atomic mass is 9.96. The lowest BCUT2D eigenvalue weighted by Gasteiger charge is -2.28. The van der Waals surface area contributed by atoms with Gasteiger partial charge in [0.15, 0.2) is 0 Å². The molecule has 0 saturated carbocycles. The van der Waals surface area contributed by atoms with Gasteiger partial charge in [-0.1, -0.05) is 78.7 Å². The molecular formula is C28H19N. The average molecular weight is 369 g/mol. The zero-order chi connectivity index (χ0) is 19.6. The summed E-state index contributed by atoms with van der Waals surface area (Å²) in [5, 5.41) is 4.61. The molecule has 1 heteroatoms. The summed E-state index contributed by atoms with van der Waals surface area (Å²) >= 11 is 0. The Kier molecular flexibility index (Phi) is 4.24. The van der Waals surface area contributed by atoms with E-state index in [1.54, 1.807) is 0 Å². The number of nitrogens with zero attached hydrogens (tertiary/aromatic N) is 1. The number of rotatable bonds is 3. The highest BCUT2D eigenvalue weighted by Crippen LogP contribution is 2.43. The molecule has 29 heavy (non-hydrogen) atoms. The van der Waals surface area contributed by atoms with Crippen LogP contribution in [0.15, 0.2) is 109 Å². The largest absolute Gasteiger partial charge is 0.309 e. The van der Waals surface area contributed by atoms with Crippen LogP contribution in [0.1, 0.15) is 5.56 Å². The first kappa shape index (κ1) is 17.1. The Bertz CT molecular complexity index is 1310. The number of terminal acetylenes is 1. The van der Waals surface area contributed by atoms with Crippen LogP contribution in [-0.4, -0.2) is 0 Å². The van der Waals surface area contributed by atoms with Crippen LogP contribution in [0, 0.1) is 12.3 Å². The van der Waals surface area contributed by atoms with Crippen LogP contribution in [0.25, 0.3) is 21.5 Å². The van der Waals surface area contributed by atoms with Crippen LogP contribution in [0.2, 0.25) is 0 Å². The fourth-order valence-electron chi connectivity index (χ4n) is 3.99. The molecule has 0 atom stereocenters. The summed E-state index contributed by atoms with van der Waals surface area (Å²) in [6.07, 6.45) is 5.84. The summed E-state index contributed by atoms with van der Waals surface area (Å²) in [6, 6.07) is 37.9. The van der Waals surface area contributed by atoms with Crippen molar-refractivity contribution in [1.82, 2.24) is 0 Å². The van der Waals surface area contributed by atoms with Gasteiger partial charge in [-0.3, -0.25) is 0 Å². The predicted octanol–water partition coefficient (Wildman–Crippen LogP) is 7.44. The Labute approximate surface area is 170 Å². The average Bonchev–Trinajstić information content (AvgIpc) is 2.80. The second kappa shape index (κ2) is 7.19. The molecule has 0 radical (unpaired) electrons. The quantitative estimate of drug-likeness (QED) is 0.236. The van der Waals surface area contributed by atoms with E-state index in [2.05, 4.69) is 95.7 Å². The van der Waals surface area contributed by atoms with Gasteiger partial charge in [-0.2, -0.15) is 0 Å². The van der Waals surface area contributed by atoms with E-state index >= 15 is 0 Å². The predicted molar refractivity (Wildman–Crippen MR) is 124 cm³/mol. The Morgan fingerprint density at radius 2 is 1.14 bits per heavy atom. The van der Waals surface area contributed by atoms with Crippen LogP contribution in [-0.2, 0) is 0 Å². The van der Waals surface area contributed by atoms with E-state index in [-0.39, 0.29) is 0 Å². The van der Waals surface area contributed by atoms with E-state index in [0.717, 1.165) is 33.4 Å². The van der Waals surface area contributed by atoms with Crippen LogP contribution in [0.4, 0.5) is 17.1 Å². The van der Waals surface area contributed by atoms with Gasteiger partial charge in [0.1, 0.15) is 0 Å². The summed E-state index contributed by atoms with van der Waals surface area (Å²) in [6.45, 7) is 0. The first-order valence-corrected chi connectivity index (χ1v) is 9.68. The van der Waals surface area contributed by atoms with Gasteiger partial charge in [0.2, 0.25) is 0 Å². The summed E-state index contributed by atoms with van der Waals surface area (Å²) in [4.78, 5) is 2.32. The van der Waals surface area contributed by atoms with Gasteiger partial charge in [-0.25, -0.2) is 0 Å². The minimum absolute atomic E-state index is 0.913. The lowest BCUT2D eigenvalue weighted by Crippen LogP contribution is -2.11. The van der Waals surface area contributed by atoms with E-state index in [1.165, 1.54) is 10.8 Å². The van der Waals surface area contributed by atoms with Crippen molar-refractivity contribution in [2.45, 2.75) is 0 Å². The standard InChI is InChI=1S/C28H19N/c1-2-21-13-11-19-26-27(21)20-22-12-9-10-18-25(22)28(26)29(23-14-5-3-6-15-23)24-16-7-4-8-17-24/h1,3-20H. The molecule has 5 rings (SSSR count). The highest BCUT2D eigenvalue weighted by molar-refractivity contribution is 6.15. The topological polar surface area (TPSA) is 3.24 Å². The van der Waals surface area contributed by atoms with Crippen molar-refractivity contribution >= 4 is 38.6 Å². The molecule has 0 fully saturated rings. The highest BCUT2D eigenvalue weighted by Gasteiger charge is 2.19. The van der Waals surface area contributed by atoms with Gasteiger partial charge in [0.05, 0.1) is 5.69 Å². The third-order valence-electron chi connectivity index (χ3n) is 5.28. The Hall–Kier alpha value is -4.02. The molecule has 0 aliphatic carbocycles. The number of anilines is 3. The first-order chi connectivity index (χ1) is 14.4. The van der Waals surface area contributed by atoms with Crippen LogP contribution < -0.4 is 4.90 Å². The molecule has 136 valence electrons. The van der Waals surface area contributed by atoms with E-state index in [9.17, 15) is 0 Å². The normalized spacial score (nSPS) is 10.7. The van der Waals surface area contributed by atoms with E-state index in [4.69, 9.17) is 6.42 Å².